The van der Waals surface area contributed by atoms with Crippen molar-refractivity contribution in [3.05, 3.63) is 35.6 Å². The van der Waals surface area contributed by atoms with Gasteiger partial charge in [0.2, 0.25) is 5.91 Å². The summed E-state index contributed by atoms with van der Waals surface area (Å²) in [5.41, 5.74) is 1.08. The number of nitrogens with one attached hydrogen (secondary N) is 1. The molecule has 1 aromatic rings. The third-order valence-corrected chi connectivity index (χ3v) is 5.68. The number of rotatable bonds is 6. The first-order chi connectivity index (χ1) is 12.2. The Hall–Kier alpha value is -1.46. The van der Waals surface area contributed by atoms with Gasteiger partial charge in [0, 0.05) is 19.6 Å². The van der Waals surface area contributed by atoms with Gasteiger partial charge in [-0.3, -0.25) is 9.69 Å². The molecule has 1 unspecified atom stereocenters. The summed E-state index contributed by atoms with van der Waals surface area (Å²) in [5, 5.41) is 3.22. The van der Waals surface area contributed by atoms with Crippen molar-refractivity contribution in [1.82, 2.24) is 15.1 Å². The Labute approximate surface area is 150 Å². The lowest BCUT2D eigenvalue weighted by atomic mass is 9.93. The lowest BCUT2D eigenvalue weighted by molar-refractivity contribution is -0.137. The number of likely N-dealkylation sites (tertiary alicyclic amines) is 2. The van der Waals surface area contributed by atoms with Crippen LogP contribution in [0.4, 0.5) is 4.39 Å². The molecule has 2 aliphatic heterocycles. The van der Waals surface area contributed by atoms with E-state index in [1.807, 2.05) is 19.2 Å². The van der Waals surface area contributed by atoms with Gasteiger partial charge in [0.15, 0.2) is 0 Å². The topological polar surface area (TPSA) is 35.6 Å². The second-order valence-electron chi connectivity index (χ2n) is 7.42. The van der Waals surface area contributed by atoms with Crippen LogP contribution in [0, 0.1) is 11.7 Å². The first-order valence-electron chi connectivity index (χ1n) is 9.59. The van der Waals surface area contributed by atoms with E-state index in [0.717, 1.165) is 69.9 Å². The molecule has 0 saturated carbocycles. The molecule has 0 spiro atoms. The number of benzene rings is 1. The summed E-state index contributed by atoms with van der Waals surface area (Å²) >= 11 is 0. The molecule has 3 rings (SSSR count). The van der Waals surface area contributed by atoms with Crippen LogP contribution in [0.25, 0.3) is 0 Å². The maximum atomic E-state index is 13.1. The van der Waals surface area contributed by atoms with E-state index in [-0.39, 0.29) is 11.9 Å². The molecule has 1 amide bonds. The summed E-state index contributed by atoms with van der Waals surface area (Å²) in [5.74, 6) is 0.834. The number of carbonyl (C=O) groups excluding carboxylic acids is 1. The standard InChI is InChI=1S/C20H30FN3O/c1-22-11-8-16-9-13-23(14-10-16)20(25)19-3-2-12-24(19)15-17-4-6-18(21)7-5-17/h4-7,16,19,22H,2-3,8-15H2,1H3. The Bertz CT molecular complexity index is 555. The summed E-state index contributed by atoms with van der Waals surface area (Å²) in [4.78, 5) is 17.3. The van der Waals surface area contributed by atoms with Gasteiger partial charge in [-0.1, -0.05) is 12.1 Å². The minimum Gasteiger partial charge on any atom is -0.341 e. The molecule has 2 fully saturated rings. The highest BCUT2D eigenvalue weighted by Gasteiger charge is 2.34. The van der Waals surface area contributed by atoms with Gasteiger partial charge >= 0.3 is 0 Å². The lowest BCUT2D eigenvalue weighted by Crippen LogP contribution is -2.48. The highest BCUT2D eigenvalue weighted by molar-refractivity contribution is 5.82. The van der Waals surface area contributed by atoms with Crippen LogP contribution in [-0.2, 0) is 11.3 Å². The number of amides is 1. The zero-order chi connectivity index (χ0) is 17.6. The van der Waals surface area contributed by atoms with E-state index in [1.54, 1.807) is 0 Å². The average Bonchev–Trinajstić information content (AvgIpc) is 3.10. The largest absolute Gasteiger partial charge is 0.341 e. The molecular weight excluding hydrogens is 317 g/mol. The SMILES string of the molecule is CNCCC1CCN(C(=O)C2CCCN2Cc2ccc(F)cc2)CC1. The predicted octanol–water partition coefficient (Wildman–Crippen LogP) is 2.64. The van der Waals surface area contributed by atoms with Gasteiger partial charge in [-0.2, -0.15) is 0 Å². The van der Waals surface area contributed by atoms with Gasteiger partial charge < -0.3 is 10.2 Å². The van der Waals surface area contributed by atoms with Crippen LogP contribution in [-0.4, -0.2) is 55.0 Å². The van der Waals surface area contributed by atoms with E-state index in [2.05, 4.69) is 15.1 Å². The summed E-state index contributed by atoms with van der Waals surface area (Å²) in [7, 11) is 1.99. The second-order valence-corrected chi connectivity index (χ2v) is 7.42. The van der Waals surface area contributed by atoms with Crippen molar-refractivity contribution < 1.29 is 9.18 Å². The van der Waals surface area contributed by atoms with Crippen LogP contribution in [0.1, 0.15) is 37.7 Å². The van der Waals surface area contributed by atoms with Gasteiger partial charge in [-0.05, 0) is 75.9 Å². The Morgan fingerprint density at radius 1 is 1.16 bits per heavy atom. The Morgan fingerprint density at radius 2 is 1.88 bits per heavy atom. The highest BCUT2D eigenvalue weighted by atomic mass is 19.1. The molecule has 1 aromatic carbocycles. The quantitative estimate of drug-likeness (QED) is 0.859. The predicted molar refractivity (Wildman–Crippen MR) is 97.7 cm³/mol. The summed E-state index contributed by atoms with van der Waals surface area (Å²) in [6.45, 7) is 4.54. The Balaban J connectivity index is 1.53. The first kappa shape index (κ1) is 18.3. The molecule has 2 heterocycles. The van der Waals surface area contributed by atoms with Crippen LogP contribution in [0.3, 0.4) is 0 Å². The van der Waals surface area contributed by atoms with Crippen molar-refractivity contribution in [2.75, 3.05) is 33.2 Å². The van der Waals surface area contributed by atoms with Gasteiger partial charge in [0.05, 0.1) is 6.04 Å². The van der Waals surface area contributed by atoms with Crippen LogP contribution in [0.15, 0.2) is 24.3 Å². The van der Waals surface area contributed by atoms with Gasteiger partial charge in [0.1, 0.15) is 5.82 Å². The zero-order valence-electron chi connectivity index (χ0n) is 15.2. The Morgan fingerprint density at radius 3 is 2.56 bits per heavy atom. The van der Waals surface area contributed by atoms with E-state index in [0.29, 0.717) is 5.91 Å². The van der Waals surface area contributed by atoms with Crippen LogP contribution >= 0.6 is 0 Å². The maximum Gasteiger partial charge on any atom is 0.239 e. The smallest absolute Gasteiger partial charge is 0.239 e. The number of carbonyl (C=O) groups is 1. The van der Waals surface area contributed by atoms with Crippen molar-refractivity contribution in [2.24, 2.45) is 5.92 Å². The second kappa shape index (κ2) is 8.77. The minimum absolute atomic E-state index is 0.00101. The third kappa shape index (κ3) is 4.79. The monoisotopic (exact) mass is 347 g/mol. The molecule has 1 N–H and O–H groups in total. The van der Waals surface area contributed by atoms with E-state index < -0.39 is 0 Å². The number of hydrogen-bond donors (Lipinski definition) is 1. The minimum atomic E-state index is -0.209. The molecule has 138 valence electrons. The lowest BCUT2D eigenvalue weighted by Gasteiger charge is -2.35. The molecule has 0 aromatic heterocycles. The molecule has 1 atom stereocenters. The summed E-state index contributed by atoms with van der Waals surface area (Å²) < 4.78 is 13.1. The molecule has 25 heavy (non-hydrogen) atoms. The fraction of sp³-hybridized carbons (Fsp3) is 0.650. The van der Waals surface area contributed by atoms with Crippen LogP contribution < -0.4 is 5.32 Å². The molecule has 0 radical (unpaired) electrons. The van der Waals surface area contributed by atoms with E-state index in [4.69, 9.17) is 0 Å². The third-order valence-electron chi connectivity index (χ3n) is 5.68. The Kier molecular flexibility index (Phi) is 6.43. The molecule has 2 aliphatic rings. The normalized spacial score (nSPS) is 22.5. The van der Waals surface area contributed by atoms with Crippen LogP contribution in [0.2, 0.25) is 0 Å². The van der Waals surface area contributed by atoms with E-state index in [1.165, 1.54) is 18.6 Å². The molecule has 0 bridgehead atoms. The average molecular weight is 347 g/mol. The summed E-state index contributed by atoms with van der Waals surface area (Å²) in [6.07, 6.45) is 5.46. The van der Waals surface area contributed by atoms with Crippen molar-refractivity contribution >= 4 is 5.91 Å². The molecule has 5 heteroatoms. The fourth-order valence-corrected chi connectivity index (χ4v) is 4.12. The number of nitrogens with zero attached hydrogens (tertiary/aromatic N) is 2. The molecule has 0 aliphatic carbocycles. The highest BCUT2D eigenvalue weighted by Crippen LogP contribution is 2.25. The zero-order valence-corrected chi connectivity index (χ0v) is 15.2. The van der Waals surface area contributed by atoms with Crippen molar-refractivity contribution in [2.45, 2.75) is 44.7 Å². The number of piperidine rings is 1. The summed E-state index contributed by atoms with van der Waals surface area (Å²) in [6, 6.07) is 6.64. The van der Waals surface area contributed by atoms with Gasteiger partial charge in [-0.25, -0.2) is 4.39 Å². The molecular formula is C20H30FN3O. The molecule has 4 nitrogen and oxygen atoms in total. The van der Waals surface area contributed by atoms with Gasteiger partial charge in [0.25, 0.3) is 0 Å². The number of halogens is 1. The first-order valence-corrected chi connectivity index (χ1v) is 9.59. The van der Waals surface area contributed by atoms with Crippen LogP contribution in [0.5, 0.6) is 0 Å². The number of hydrogen-bond acceptors (Lipinski definition) is 3. The molecule has 2 saturated heterocycles. The fourth-order valence-electron chi connectivity index (χ4n) is 4.12. The van der Waals surface area contributed by atoms with Crippen molar-refractivity contribution in [1.29, 1.82) is 0 Å². The van der Waals surface area contributed by atoms with Gasteiger partial charge in [-0.15, -0.1) is 0 Å². The van der Waals surface area contributed by atoms with Crippen molar-refractivity contribution in [3.63, 3.8) is 0 Å². The maximum absolute atomic E-state index is 13.1. The van der Waals surface area contributed by atoms with E-state index in [9.17, 15) is 9.18 Å². The van der Waals surface area contributed by atoms with Crippen molar-refractivity contribution in [3.8, 4) is 0 Å². The van der Waals surface area contributed by atoms with E-state index >= 15 is 0 Å².